The first kappa shape index (κ1) is 10.0. The zero-order valence-electron chi connectivity index (χ0n) is 7.68. The Morgan fingerprint density at radius 1 is 1.50 bits per heavy atom. The fraction of sp³-hybridized carbons (Fsp3) is 0.900. The third-order valence-electron chi connectivity index (χ3n) is 2.62. The molecule has 1 saturated carbocycles. The number of rotatable bonds is 4. The van der Waals surface area contributed by atoms with Gasteiger partial charge in [0, 0.05) is 11.8 Å². The Bertz CT molecular complexity index is 156. The number of ketones is 1. The first-order valence-electron chi connectivity index (χ1n) is 4.82. The van der Waals surface area contributed by atoms with Crippen LogP contribution in [0.2, 0.25) is 0 Å². The maximum Gasteiger partial charge on any atom is 0.129 e. The summed E-state index contributed by atoms with van der Waals surface area (Å²) in [4.78, 5) is 10.7. The molecule has 0 aliphatic heterocycles. The van der Waals surface area contributed by atoms with E-state index in [0.29, 0.717) is 11.2 Å². The summed E-state index contributed by atoms with van der Waals surface area (Å²) in [5, 5.41) is 0.410. The van der Waals surface area contributed by atoms with Gasteiger partial charge in [-0.3, -0.25) is 0 Å². The van der Waals surface area contributed by atoms with Gasteiger partial charge in [0.15, 0.2) is 0 Å². The second-order valence-electron chi connectivity index (χ2n) is 3.87. The second kappa shape index (κ2) is 4.86. The van der Waals surface area contributed by atoms with Crippen molar-refractivity contribution in [2.24, 2.45) is 5.92 Å². The largest absolute Gasteiger partial charge is 0.300 e. The highest BCUT2D eigenvalue weighted by molar-refractivity contribution is 6.20. The molecular weight excluding hydrogens is 172 g/mol. The van der Waals surface area contributed by atoms with Crippen LogP contribution in [0.5, 0.6) is 0 Å². The summed E-state index contributed by atoms with van der Waals surface area (Å²) < 4.78 is 0. The van der Waals surface area contributed by atoms with E-state index in [9.17, 15) is 4.79 Å². The minimum atomic E-state index is 0.315. The molecular formula is C10H17ClO. The molecule has 0 amide bonds. The average Bonchev–Trinajstić information content (AvgIpc) is 2.35. The van der Waals surface area contributed by atoms with Gasteiger partial charge in [-0.1, -0.05) is 0 Å². The third kappa shape index (κ3) is 3.57. The predicted molar refractivity (Wildman–Crippen MR) is 51.5 cm³/mol. The monoisotopic (exact) mass is 188 g/mol. The van der Waals surface area contributed by atoms with Crippen LogP contribution in [-0.4, -0.2) is 11.2 Å². The Morgan fingerprint density at radius 3 is 2.75 bits per heavy atom. The summed E-state index contributed by atoms with van der Waals surface area (Å²) in [6, 6.07) is 0. The molecule has 0 aromatic carbocycles. The lowest BCUT2D eigenvalue weighted by Gasteiger charge is -2.06. The van der Waals surface area contributed by atoms with E-state index >= 15 is 0 Å². The molecule has 1 fully saturated rings. The van der Waals surface area contributed by atoms with Crippen LogP contribution >= 0.6 is 11.6 Å². The third-order valence-corrected chi connectivity index (χ3v) is 3.01. The summed E-state index contributed by atoms with van der Waals surface area (Å²) in [7, 11) is 0. The highest BCUT2D eigenvalue weighted by Gasteiger charge is 2.22. The molecule has 0 bridgehead atoms. The van der Waals surface area contributed by atoms with E-state index in [1.54, 1.807) is 6.92 Å². The van der Waals surface area contributed by atoms with E-state index in [1.165, 1.54) is 25.7 Å². The summed E-state index contributed by atoms with van der Waals surface area (Å²) in [5.74, 6) is 1.11. The van der Waals surface area contributed by atoms with Crippen molar-refractivity contribution in [3.63, 3.8) is 0 Å². The molecule has 1 nitrogen and oxygen atoms in total. The minimum Gasteiger partial charge on any atom is -0.300 e. The van der Waals surface area contributed by atoms with Gasteiger partial charge in [-0.25, -0.2) is 0 Å². The van der Waals surface area contributed by atoms with Gasteiger partial charge in [0.25, 0.3) is 0 Å². The van der Waals surface area contributed by atoms with Crippen molar-refractivity contribution in [3.8, 4) is 0 Å². The van der Waals surface area contributed by atoms with Crippen molar-refractivity contribution in [2.75, 3.05) is 0 Å². The van der Waals surface area contributed by atoms with Crippen LogP contribution in [0.25, 0.3) is 0 Å². The van der Waals surface area contributed by atoms with Crippen LogP contribution in [0.1, 0.15) is 45.4 Å². The number of carbonyl (C=O) groups is 1. The summed E-state index contributed by atoms with van der Waals surface area (Å²) in [6.45, 7) is 1.67. The van der Waals surface area contributed by atoms with E-state index in [4.69, 9.17) is 11.6 Å². The van der Waals surface area contributed by atoms with Crippen LogP contribution in [-0.2, 0) is 4.79 Å². The van der Waals surface area contributed by atoms with Crippen molar-refractivity contribution >= 4 is 17.4 Å². The quantitative estimate of drug-likeness (QED) is 0.620. The molecule has 0 heterocycles. The molecule has 0 radical (unpaired) electrons. The van der Waals surface area contributed by atoms with Crippen molar-refractivity contribution in [1.82, 2.24) is 0 Å². The topological polar surface area (TPSA) is 17.1 Å². The fourth-order valence-corrected chi connectivity index (χ4v) is 2.29. The molecule has 70 valence electrons. The summed E-state index contributed by atoms with van der Waals surface area (Å²) in [6.07, 6.45) is 6.62. The van der Waals surface area contributed by atoms with Crippen LogP contribution in [0.15, 0.2) is 0 Å². The van der Waals surface area contributed by atoms with Crippen LogP contribution in [0, 0.1) is 5.92 Å². The smallest absolute Gasteiger partial charge is 0.129 e. The lowest BCUT2D eigenvalue weighted by Crippen LogP contribution is -1.97. The molecule has 1 aliphatic rings. The molecule has 2 unspecified atom stereocenters. The number of hydrogen-bond donors (Lipinski definition) is 0. The number of Topliss-reactive ketones (excluding diaryl/α,β-unsaturated/α-hetero) is 1. The van der Waals surface area contributed by atoms with Gasteiger partial charge < -0.3 is 4.79 Å². The minimum absolute atomic E-state index is 0.315. The lowest BCUT2D eigenvalue weighted by atomic mass is 10.00. The average molecular weight is 189 g/mol. The molecule has 12 heavy (non-hydrogen) atoms. The molecule has 0 saturated heterocycles. The molecule has 0 aromatic rings. The van der Waals surface area contributed by atoms with Crippen molar-refractivity contribution in [2.45, 2.75) is 50.8 Å². The molecule has 1 rings (SSSR count). The van der Waals surface area contributed by atoms with Crippen molar-refractivity contribution < 1.29 is 4.79 Å². The van der Waals surface area contributed by atoms with Gasteiger partial charge in [-0.2, -0.15) is 0 Å². The normalized spacial score (nSPS) is 29.2. The Balaban J connectivity index is 2.04. The first-order valence-corrected chi connectivity index (χ1v) is 5.25. The van der Waals surface area contributed by atoms with Gasteiger partial charge in [0.05, 0.1) is 0 Å². The Morgan fingerprint density at radius 2 is 2.25 bits per heavy atom. The number of halogens is 1. The molecule has 2 heteroatoms. The van der Waals surface area contributed by atoms with Crippen LogP contribution < -0.4 is 0 Å². The van der Waals surface area contributed by atoms with Crippen molar-refractivity contribution in [1.29, 1.82) is 0 Å². The highest BCUT2D eigenvalue weighted by Crippen LogP contribution is 2.32. The van der Waals surface area contributed by atoms with E-state index in [2.05, 4.69) is 0 Å². The van der Waals surface area contributed by atoms with Gasteiger partial charge in [-0.05, 0) is 44.9 Å². The Hall–Kier alpha value is -0.0400. The van der Waals surface area contributed by atoms with Gasteiger partial charge in [0.1, 0.15) is 5.78 Å². The van der Waals surface area contributed by atoms with Crippen molar-refractivity contribution in [3.05, 3.63) is 0 Å². The number of carbonyl (C=O) groups excluding carboxylic acids is 1. The van der Waals surface area contributed by atoms with E-state index < -0.39 is 0 Å². The Kier molecular flexibility index (Phi) is 4.07. The van der Waals surface area contributed by atoms with E-state index in [1.807, 2.05) is 0 Å². The molecule has 2 atom stereocenters. The van der Waals surface area contributed by atoms with E-state index in [-0.39, 0.29) is 0 Å². The maximum atomic E-state index is 10.7. The molecule has 0 N–H and O–H groups in total. The van der Waals surface area contributed by atoms with Gasteiger partial charge in [-0.15, -0.1) is 11.6 Å². The fourth-order valence-electron chi connectivity index (χ4n) is 1.92. The first-order chi connectivity index (χ1) is 5.68. The molecule has 0 spiro atoms. The van der Waals surface area contributed by atoms with Gasteiger partial charge >= 0.3 is 0 Å². The molecule has 1 aliphatic carbocycles. The summed E-state index contributed by atoms with van der Waals surface area (Å²) >= 11 is 5.98. The standard InChI is InChI=1S/C10H17ClO/c1-8(12)3-2-4-9-5-6-10(11)7-9/h9-10H,2-7H2,1H3. The van der Waals surface area contributed by atoms with E-state index in [0.717, 1.165) is 18.8 Å². The maximum absolute atomic E-state index is 10.7. The highest BCUT2D eigenvalue weighted by atomic mass is 35.5. The summed E-state index contributed by atoms with van der Waals surface area (Å²) in [5.41, 5.74) is 0. The predicted octanol–water partition coefficient (Wildman–Crippen LogP) is 3.15. The molecule has 0 aromatic heterocycles. The SMILES string of the molecule is CC(=O)CCCC1CCC(Cl)C1. The zero-order chi connectivity index (χ0) is 8.97. The second-order valence-corrected chi connectivity index (χ2v) is 4.49. The number of alkyl halides is 1. The Labute approximate surface area is 79.5 Å². The van der Waals surface area contributed by atoms with Crippen LogP contribution in [0.4, 0.5) is 0 Å². The lowest BCUT2D eigenvalue weighted by molar-refractivity contribution is -0.117. The number of hydrogen-bond acceptors (Lipinski definition) is 1. The van der Waals surface area contributed by atoms with Gasteiger partial charge in [0.2, 0.25) is 0 Å². The van der Waals surface area contributed by atoms with Crippen LogP contribution in [0.3, 0.4) is 0 Å². The zero-order valence-corrected chi connectivity index (χ0v) is 8.44.